The van der Waals surface area contributed by atoms with Crippen LogP contribution >= 0.6 is 0 Å². The Labute approximate surface area is 151 Å². The normalized spacial score (nSPS) is 24.2. The molecular weight excluding hydrogens is 330 g/mol. The molecule has 2 aliphatic rings. The van der Waals surface area contributed by atoms with Gasteiger partial charge in [-0.05, 0) is 54.9 Å². The van der Waals surface area contributed by atoms with Gasteiger partial charge in [0.15, 0.2) is 0 Å². The summed E-state index contributed by atoms with van der Waals surface area (Å²) < 4.78 is 0. The van der Waals surface area contributed by atoms with E-state index in [4.69, 9.17) is 0 Å². The van der Waals surface area contributed by atoms with Crippen molar-refractivity contribution < 1.29 is 4.79 Å². The van der Waals surface area contributed by atoms with Crippen molar-refractivity contribution in [2.45, 2.75) is 25.7 Å². The molecule has 2 aliphatic carbocycles. The van der Waals surface area contributed by atoms with Crippen molar-refractivity contribution in [2.24, 2.45) is 17.8 Å². The molecule has 1 amide bonds. The Kier molecular flexibility index (Phi) is 4.90. The third-order valence-electron chi connectivity index (χ3n) is 5.20. The number of hydrogen-bond acceptors (Lipinski definition) is 6. The number of carbonyl (C=O) groups is 1. The second-order valence-electron chi connectivity index (χ2n) is 7.05. The summed E-state index contributed by atoms with van der Waals surface area (Å²) >= 11 is 0. The van der Waals surface area contributed by atoms with E-state index in [1.165, 1.54) is 6.42 Å². The Bertz CT molecular complexity index is 774. The van der Waals surface area contributed by atoms with Crippen LogP contribution < -0.4 is 10.6 Å². The Balaban J connectivity index is 1.27. The van der Waals surface area contributed by atoms with Crippen molar-refractivity contribution in [2.75, 3.05) is 18.4 Å². The average Bonchev–Trinajstić information content (AvgIpc) is 3.19. The molecule has 8 heteroatoms. The predicted molar refractivity (Wildman–Crippen MR) is 97.0 cm³/mol. The standard InChI is InChI=1S/C18H23N7O/c26-18(14-10-12-3-1-4-13(9-12)11-14)21-8-7-20-16-15(5-2-6-19-16)17-22-24-25-23-17/h1-3,5-6,12-14H,4,7-11H2,(H,19,20)(H,21,26)(H,22,23,24,25)/t12-,13+,14-/m0/s1. The third-order valence-corrected chi connectivity index (χ3v) is 5.20. The van der Waals surface area contributed by atoms with Gasteiger partial charge in [0.25, 0.3) is 0 Å². The molecule has 0 radical (unpaired) electrons. The highest BCUT2D eigenvalue weighted by molar-refractivity contribution is 5.79. The molecule has 0 unspecified atom stereocenters. The molecule has 0 aliphatic heterocycles. The van der Waals surface area contributed by atoms with E-state index in [1.54, 1.807) is 6.20 Å². The maximum Gasteiger partial charge on any atom is 0.223 e. The summed E-state index contributed by atoms with van der Waals surface area (Å²) in [6.45, 7) is 1.15. The fraction of sp³-hybridized carbons (Fsp3) is 0.500. The molecule has 1 saturated carbocycles. The van der Waals surface area contributed by atoms with E-state index < -0.39 is 0 Å². The number of hydrogen-bond donors (Lipinski definition) is 3. The molecule has 26 heavy (non-hydrogen) atoms. The van der Waals surface area contributed by atoms with E-state index in [0.29, 0.717) is 36.6 Å². The highest BCUT2D eigenvalue weighted by atomic mass is 16.1. The van der Waals surface area contributed by atoms with Gasteiger partial charge in [-0.1, -0.05) is 12.2 Å². The first-order valence-electron chi connectivity index (χ1n) is 9.16. The molecule has 3 N–H and O–H groups in total. The average molecular weight is 353 g/mol. The fourth-order valence-electron chi connectivity index (χ4n) is 4.03. The summed E-state index contributed by atoms with van der Waals surface area (Å²) in [7, 11) is 0. The Morgan fingerprint density at radius 1 is 1.27 bits per heavy atom. The van der Waals surface area contributed by atoms with Crippen molar-refractivity contribution in [3.05, 3.63) is 30.5 Å². The first-order valence-corrected chi connectivity index (χ1v) is 9.16. The van der Waals surface area contributed by atoms with Crippen LogP contribution in [0.3, 0.4) is 0 Å². The van der Waals surface area contributed by atoms with Crippen LogP contribution in [0.1, 0.15) is 25.7 Å². The molecule has 136 valence electrons. The number of amides is 1. The van der Waals surface area contributed by atoms with Crippen LogP contribution in [0.15, 0.2) is 30.5 Å². The van der Waals surface area contributed by atoms with Crippen molar-refractivity contribution in [3.8, 4) is 11.4 Å². The van der Waals surface area contributed by atoms with Gasteiger partial charge in [-0.25, -0.2) is 4.98 Å². The van der Waals surface area contributed by atoms with E-state index >= 15 is 0 Å². The summed E-state index contributed by atoms with van der Waals surface area (Å²) in [6.07, 6.45) is 10.7. The molecule has 0 saturated heterocycles. The van der Waals surface area contributed by atoms with Gasteiger partial charge >= 0.3 is 0 Å². The topological polar surface area (TPSA) is 108 Å². The second kappa shape index (κ2) is 7.63. The number of nitrogens with one attached hydrogen (secondary N) is 3. The molecule has 8 nitrogen and oxygen atoms in total. The van der Waals surface area contributed by atoms with Crippen LogP contribution in [-0.4, -0.2) is 44.6 Å². The number of H-pyrrole nitrogens is 1. The maximum atomic E-state index is 12.5. The van der Waals surface area contributed by atoms with Crippen LogP contribution in [0, 0.1) is 17.8 Å². The van der Waals surface area contributed by atoms with Gasteiger partial charge in [0.2, 0.25) is 11.7 Å². The van der Waals surface area contributed by atoms with E-state index in [9.17, 15) is 4.79 Å². The number of rotatable bonds is 6. The summed E-state index contributed by atoms with van der Waals surface area (Å²) in [5, 5.41) is 20.3. The number of allylic oxidation sites excluding steroid dienone is 2. The number of carbonyl (C=O) groups excluding carboxylic acids is 1. The number of anilines is 1. The highest BCUT2D eigenvalue weighted by Gasteiger charge is 2.32. The predicted octanol–water partition coefficient (Wildman–Crippen LogP) is 1.78. The number of tetrazole rings is 1. The molecule has 4 rings (SSSR count). The maximum absolute atomic E-state index is 12.5. The van der Waals surface area contributed by atoms with E-state index in [1.807, 2.05) is 12.1 Å². The van der Waals surface area contributed by atoms with E-state index in [-0.39, 0.29) is 11.8 Å². The zero-order chi connectivity index (χ0) is 17.8. The van der Waals surface area contributed by atoms with Gasteiger partial charge in [0.1, 0.15) is 5.82 Å². The highest BCUT2D eigenvalue weighted by Crippen LogP contribution is 2.39. The van der Waals surface area contributed by atoms with Crippen molar-refractivity contribution in [3.63, 3.8) is 0 Å². The summed E-state index contributed by atoms with van der Waals surface area (Å²) in [4.78, 5) is 16.8. The summed E-state index contributed by atoms with van der Waals surface area (Å²) in [5.74, 6) is 2.76. The molecule has 2 bridgehead atoms. The van der Waals surface area contributed by atoms with Gasteiger partial charge in [0.05, 0.1) is 5.56 Å². The number of aromatic amines is 1. The molecule has 2 aromatic heterocycles. The van der Waals surface area contributed by atoms with E-state index in [2.05, 4.69) is 48.4 Å². The first-order chi connectivity index (χ1) is 12.8. The monoisotopic (exact) mass is 353 g/mol. The quantitative estimate of drug-likeness (QED) is 0.540. The van der Waals surface area contributed by atoms with Crippen LogP contribution in [0.4, 0.5) is 5.82 Å². The lowest BCUT2D eigenvalue weighted by molar-refractivity contribution is -0.126. The number of fused-ring (bicyclic) bond motifs is 2. The van der Waals surface area contributed by atoms with Crippen molar-refractivity contribution >= 4 is 11.7 Å². The zero-order valence-electron chi connectivity index (χ0n) is 14.6. The number of pyridine rings is 1. The van der Waals surface area contributed by atoms with Crippen LogP contribution in [0.25, 0.3) is 11.4 Å². The van der Waals surface area contributed by atoms with Crippen LogP contribution in [0.5, 0.6) is 0 Å². The molecule has 1 fully saturated rings. The Morgan fingerprint density at radius 2 is 2.23 bits per heavy atom. The first kappa shape index (κ1) is 16.7. The summed E-state index contributed by atoms with van der Waals surface area (Å²) in [5.41, 5.74) is 0.777. The molecule has 2 aromatic rings. The van der Waals surface area contributed by atoms with Crippen molar-refractivity contribution in [1.82, 2.24) is 30.9 Å². The second-order valence-corrected chi connectivity index (χ2v) is 7.05. The Hall–Kier alpha value is -2.77. The Morgan fingerprint density at radius 3 is 3.08 bits per heavy atom. The van der Waals surface area contributed by atoms with Gasteiger partial charge in [0, 0.05) is 25.2 Å². The lowest BCUT2D eigenvalue weighted by Crippen LogP contribution is -2.38. The minimum atomic E-state index is 0.147. The fourth-order valence-corrected chi connectivity index (χ4v) is 4.03. The number of nitrogens with zero attached hydrogens (tertiary/aromatic N) is 4. The molecular formula is C18H23N7O. The van der Waals surface area contributed by atoms with Gasteiger partial charge in [-0.2, -0.15) is 5.21 Å². The SMILES string of the molecule is O=C(NCCNc1ncccc1-c1nn[nH]n1)[C@H]1C[C@H]2C=CC[C@H](C2)C1. The molecule has 3 atom stereocenters. The van der Waals surface area contributed by atoms with Crippen LogP contribution in [0.2, 0.25) is 0 Å². The van der Waals surface area contributed by atoms with Gasteiger partial charge in [-0.3, -0.25) is 4.79 Å². The lowest BCUT2D eigenvalue weighted by atomic mass is 9.71. The largest absolute Gasteiger partial charge is 0.368 e. The van der Waals surface area contributed by atoms with Crippen molar-refractivity contribution in [1.29, 1.82) is 0 Å². The minimum Gasteiger partial charge on any atom is -0.368 e. The molecule has 2 heterocycles. The smallest absolute Gasteiger partial charge is 0.223 e. The molecule has 0 spiro atoms. The van der Waals surface area contributed by atoms with Gasteiger partial charge in [-0.15, -0.1) is 10.2 Å². The molecule has 0 aromatic carbocycles. The van der Waals surface area contributed by atoms with Gasteiger partial charge < -0.3 is 10.6 Å². The van der Waals surface area contributed by atoms with E-state index in [0.717, 1.165) is 24.8 Å². The number of aromatic nitrogens is 5. The lowest BCUT2D eigenvalue weighted by Gasteiger charge is -2.35. The van der Waals surface area contributed by atoms with Crippen LogP contribution in [-0.2, 0) is 4.79 Å². The minimum absolute atomic E-state index is 0.147. The third kappa shape index (κ3) is 3.74. The zero-order valence-corrected chi connectivity index (χ0v) is 14.6. The summed E-state index contributed by atoms with van der Waals surface area (Å²) in [6, 6.07) is 3.71.